The summed E-state index contributed by atoms with van der Waals surface area (Å²) in [5, 5.41) is 10.4. The molecule has 1 aromatic heterocycles. The van der Waals surface area contributed by atoms with Gasteiger partial charge < -0.3 is 10.2 Å². The maximum absolute atomic E-state index is 10.4. The SMILES string of the molecule is CCCCC[C@@H](N)c1ccc([N+](=O)[O-])o1.Cl. The van der Waals surface area contributed by atoms with Crippen molar-refractivity contribution in [2.45, 2.75) is 38.6 Å². The Hall–Kier alpha value is -1.07. The second-order valence-corrected chi connectivity index (χ2v) is 3.54. The van der Waals surface area contributed by atoms with Crippen molar-refractivity contribution < 1.29 is 9.34 Å². The van der Waals surface area contributed by atoms with Crippen molar-refractivity contribution in [3.8, 4) is 0 Å². The molecule has 0 unspecified atom stereocenters. The van der Waals surface area contributed by atoms with Crippen molar-refractivity contribution in [2.75, 3.05) is 0 Å². The van der Waals surface area contributed by atoms with Gasteiger partial charge in [-0.3, -0.25) is 10.1 Å². The molecule has 1 atom stereocenters. The van der Waals surface area contributed by atoms with Crippen LogP contribution in [0, 0.1) is 10.1 Å². The van der Waals surface area contributed by atoms with Crippen LogP contribution in [-0.4, -0.2) is 4.92 Å². The molecule has 0 saturated heterocycles. The van der Waals surface area contributed by atoms with E-state index in [4.69, 9.17) is 10.2 Å². The molecule has 2 N–H and O–H groups in total. The van der Waals surface area contributed by atoms with Crippen LogP contribution in [0.2, 0.25) is 0 Å². The Morgan fingerprint density at radius 3 is 2.69 bits per heavy atom. The van der Waals surface area contributed by atoms with Gasteiger partial charge in [0.1, 0.15) is 10.7 Å². The fourth-order valence-electron chi connectivity index (χ4n) is 1.40. The molecular weight excluding hydrogens is 232 g/mol. The standard InChI is InChI=1S/C10H16N2O3.ClH/c1-2-3-4-5-8(11)9-6-7-10(15-9)12(13)14;/h6-8H,2-5,11H2,1H3;1H/t8-;/m1./s1. The molecule has 0 radical (unpaired) electrons. The first kappa shape index (κ1) is 14.9. The highest BCUT2D eigenvalue weighted by Crippen LogP contribution is 2.23. The largest absolute Gasteiger partial charge is 0.433 e. The first-order valence-corrected chi connectivity index (χ1v) is 5.15. The normalized spacial score (nSPS) is 11.9. The van der Waals surface area contributed by atoms with Crippen LogP contribution in [0.15, 0.2) is 16.5 Å². The van der Waals surface area contributed by atoms with Crippen LogP contribution in [0.5, 0.6) is 0 Å². The van der Waals surface area contributed by atoms with Crippen molar-refractivity contribution in [1.29, 1.82) is 0 Å². The number of nitrogens with two attached hydrogens (primary N) is 1. The van der Waals surface area contributed by atoms with Gasteiger partial charge in [-0.05, 0) is 12.5 Å². The lowest BCUT2D eigenvalue weighted by atomic mass is 10.1. The summed E-state index contributed by atoms with van der Waals surface area (Å²) < 4.78 is 5.01. The van der Waals surface area contributed by atoms with E-state index in [-0.39, 0.29) is 24.3 Å². The zero-order chi connectivity index (χ0) is 11.3. The maximum Gasteiger partial charge on any atom is 0.433 e. The first-order chi connectivity index (χ1) is 7.15. The third kappa shape index (κ3) is 4.20. The summed E-state index contributed by atoms with van der Waals surface area (Å²) in [5.41, 5.74) is 5.83. The predicted octanol–water partition coefficient (Wildman–Crippen LogP) is 3.19. The lowest BCUT2D eigenvalue weighted by molar-refractivity contribution is -0.402. The van der Waals surface area contributed by atoms with Crippen LogP contribution in [-0.2, 0) is 0 Å². The van der Waals surface area contributed by atoms with Gasteiger partial charge in [0, 0.05) is 0 Å². The van der Waals surface area contributed by atoms with Gasteiger partial charge in [-0.1, -0.05) is 26.2 Å². The second-order valence-electron chi connectivity index (χ2n) is 3.54. The Morgan fingerprint density at radius 1 is 1.50 bits per heavy atom. The Kier molecular flexibility index (Phi) is 6.76. The summed E-state index contributed by atoms with van der Waals surface area (Å²) in [6.45, 7) is 2.11. The van der Waals surface area contributed by atoms with Crippen molar-refractivity contribution in [2.24, 2.45) is 5.73 Å². The third-order valence-electron chi connectivity index (χ3n) is 2.28. The molecule has 6 heteroatoms. The van der Waals surface area contributed by atoms with Crippen LogP contribution >= 0.6 is 12.4 Å². The Bertz CT molecular complexity index is 328. The fraction of sp³-hybridized carbons (Fsp3) is 0.600. The molecule has 0 bridgehead atoms. The summed E-state index contributed by atoms with van der Waals surface area (Å²) in [7, 11) is 0. The fourth-order valence-corrected chi connectivity index (χ4v) is 1.40. The average molecular weight is 249 g/mol. The van der Waals surface area contributed by atoms with Gasteiger partial charge in [0.05, 0.1) is 12.1 Å². The summed E-state index contributed by atoms with van der Waals surface area (Å²) in [4.78, 5) is 9.81. The molecule has 0 aliphatic rings. The second kappa shape index (κ2) is 7.24. The van der Waals surface area contributed by atoms with Gasteiger partial charge in [-0.15, -0.1) is 12.4 Å². The minimum atomic E-state index is -0.553. The molecule has 0 aliphatic heterocycles. The third-order valence-corrected chi connectivity index (χ3v) is 2.28. The topological polar surface area (TPSA) is 82.3 Å². The molecule has 0 amide bonds. The summed E-state index contributed by atoms with van der Waals surface area (Å²) >= 11 is 0. The van der Waals surface area contributed by atoms with E-state index in [0.717, 1.165) is 25.7 Å². The number of nitrogens with zero attached hydrogens (tertiary/aromatic N) is 1. The van der Waals surface area contributed by atoms with Crippen LogP contribution in [0.1, 0.15) is 44.4 Å². The van der Waals surface area contributed by atoms with Gasteiger partial charge in [-0.2, -0.15) is 0 Å². The zero-order valence-corrected chi connectivity index (χ0v) is 10.0. The van der Waals surface area contributed by atoms with Crippen LogP contribution in [0.25, 0.3) is 0 Å². The molecule has 0 saturated carbocycles. The van der Waals surface area contributed by atoms with E-state index in [2.05, 4.69) is 6.92 Å². The lowest BCUT2D eigenvalue weighted by Crippen LogP contribution is -2.08. The Morgan fingerprint density at radius 2 is 2.19 bits per heavy atom. The molecule has 92 valence electrons. The summed E-state index contributed by atoms with van der Waals surface area (Å²) in [6, 6.07) is 2.69. The first-order valence-electron chi connectivity index (χ1n) is 5.15. The van der Waals surface area contributed by atoms with E-state index in [1.165, 1.54) is 6.07 Å². The van der Waals surface area contributed by atoms with Gasteiger partial charge in [0.2, 0.25) is 0 Å². The number of furan rings is 1. The van der Waals surface area contributed by atoms with Gasteiger partial charge >= 0.3 is 5.88 Å². The Balaban J connectivity index is 0.00000225. The number of halogens is 1. The van der Waals surface area contributed by atoms with Gasteiger partial charge in [0.25, 0.3) is 0 Å². The van der Waals surface area contributed by atoms with Gasteiger partial charge in [-0.25, -0.2) is 0 Å². The minimum Gasteiger partial charge on any atom is -0.404 e. The smallest absolute Gasteiger partial charge is 0.404 e. The molecule has 0 aromatic carbocycles. The van der Waals surface area contributed by atoms with Crippen molar-refractivity contribution in [3.63, 3.8) is 0 Å². The monoisotopic (exact) mass is 248 g/mol. The quantitative estimate of drug-likeness (QED) is 0.476. The lowest BCUT2D eigenvalue weighted by Gasteiger charge is -2.06. The highest BCUT2D eigenvalue weighted by molar-refractivity contribution is 5.85. The highest BCUT2D eigenvalue weighted by Gasteiger charge is 2.16. The molecular formula is C10H17ClN2O3. The summed E-state index contributed by atoms with van der Waals surface area (Å²) in [5.74, 6) is 0.258. The van der Waals surface area contributed by atoms with E-state index in [9.17, 15) is 10.1 Å². The Labute approximate surface area is 101 Å². The number of hydrogen-bond acceptors (Lipinski definition) is 4. The highest BCUT2D eigenvalue weighted by atomic mass is 35.5. The average Bonchev–Trinajstić information content (AvgIpc) is 2.66. The van der Waals surface area contributed by atoms with Crippen molar-refractivity contribution in [1.82, 2.24) is 0 Å². The van der Waals surface area contributed by atoms with E-state index < -0.39 is 4.92 Å². The summed E-state index contributed by atoms with van der Waals surface area (Å²) in [6.07, 6.45) is 4.08. The number of rotatable bonds is 6. The van der Waals surface area contributed by atoms with Crippen molar-refractivity contribution in [3.05, 3.63) is 28.0 Å². The maximum atomic E-state index is 10.4. The molecule has 0 fully saturated rings. The molecule has 5 nitrogen and oxygen atoms in total. The van der Waals surface area contributed by atoms with E-state index in [1.54, 1.807) is 6.07 Å². The number of nitro groups is 1. The van der Waals surface area contributed by atoms with Crippen LogP contribution < -0.4 is 5.73 Å². The molecule has 0 aliphatic carbocycles. The molecule has 1 aromatic rings. The molecule has 0 spiro atoms. The number of hydrogen-bond donors (Lipinski definition) is 1. The minimum absolute atomic E-state index is 0. The molecule has 1 rings (SSSR count). The zero-order valence-electron chi connectivity index (χ0n) is 9.22. The molecule has 1 heterocycles. The van der Waals surface area contributed by atoms with E-state index in [0.29, 0.717) is 5.76 Å². The predicted molar refractivity (Wildman–Crippen MR) is 63.7 cm³/mol. The van der Waals surface area contributed by atoms with Crippen molar-refractivity contribution >= 4 is 18.3 Å². The van der Waals surface area contributed by atoms with Crippen LogP contribution in [0.3, 0.4) is 0 Å². The van der Waals surface area contributed by atoms with E-state index >= 15 is 0 Å². The van der Waals surface area contributed by atoms with E-state index in [1.807, 2.05) is 0 Å². The van der Waals surface area contributed by atoms with Gasteiger partial charge in [0.15, 0.2) is 0 Å². The van der Waals surface area contributed by atoms with Crippen LogP contribution in [0.4, 0.5) is 5.88 Å². The molecule has 16 heavy (non-hydrogen) atoms. The number of unbranched alkanes of at least 4 members (excludes halogenated alkanes) is 2.